The Morgan fingerprint density at radius 2 is 2.10 bits per heavy atom. The molecule has 1 aromatic heterocycles. The molecule has 0 saturated carbocycles. The Morgan fingerprint density at radius 1 is 1.35 bits per heavy atom. The highest BCUT2D eigenvalue weighted by Crippen LogP contribution is 2.32. The van der Waals surface area contributed by atoms with Gasteiger partial charge in [0.15, 0.2) is 5.13 Å². The molecule has 0 spiro atoms. The molecule has 1 aromatic rings. The number of nitrogens with one attached hydrogen (secondary N) is 1. The third-order valence-electron chi connectivity index (χ3n) is 4.14. The molecule has 0 aromatic carbocycles. The molecule has 114 valence electrons. The van der Waals surface area contributed by atoms with E-state index in [2.05, 4.69) is 44.8 Å². The van der Waals surface area contributed by atoms with E-state index in [4.69, 9.17) is 4.98 Å². The lowest BCUT2D eigenvalue weighted by Gasteiger charge is -2.36. The van der Waals surface area contributed by atoms with Gasteiger partial charge in [-0.2, -0.15) is 0 Å². The van der Waals surface area contributed by atoms with E-state index in [1.54, 1.807) is 0 Å². The highest BCUT2D eigenvalue weighted by atomic mass is 32.1. The van der Waals surface area contributed by atoms with Crippen LogP contribution in [0.1, 0.15) is 58.0 Å². The quantitative estimate of drug-likeness (QED) is 0.895. The predicted molar refractivity (Wildman–Crippen MR) is 88.7 cm³/mol. The molecule has 0 aliphatic carbocycles. The van der Waals surface area contributed by atoms with E-state index in [1.807, 2.05) is 11.3 Å². The van der Waals surface area contributed by atoms with Crippen LogP contribution in [0.4, 0.5) is 5.13 Å². The molecule has 1 saturated heterocycles. The van der Waals surface area contributed by atoms with E-state index in [0.717, 1.165) is 25.4 Å². The molecule has 1 aliphatic heterocycles. The smallest absolute Gasteiger partial charge is 0.186 e. The Kier molecular flexibility index (Phi) is 5.44. The van der Waals surface area contributed by atoms with Crippen molar-refractivity contribution in [2.45, 2.75) is 72.5 Å². The van der Waals surface area contributed by atoms with Crippen molar-refractivity contribution in [3.05, 3.63) is 10.6 Å². The molecular weight excluding hydrogens is 266 g/mol. The zero-order valence-corrected chi connectivity index (χ0v) is 14.4. The van der Waals surface area contributed by atoms with Gasteiger partial charge in [0.25, 0.3) is 0 Å². The number of nitrogens with zero attached hydrogens (tertiary/aromatic N) is 2. The zero-order valence-electron chi connectivity index (χ0n) is 13.6. The van der Waals surface area contributed by atoms with E-state index in [0.29, 0.717) is 12.1 Å². The normalized spacial score (nSPS) is 23.6. The predicted octanol–water partition coefficient (Wildman–Crippen LogP) is 3.83. The van der Waals surface area contributed by atoms with Gasteiger partial charge in [-0.25, -0.2) is 4.98 Å². The van der Waals surface area contributed by atoms with Crippen LogP contribution in [-0.4, -0.2) is 23.6 Å². The minimum absolute atomic E-state index is 0.527. The highest BCUT2D eigenvalue weighted by Gasteiger charge is 2.26. The summed E-state index contributed by atoms with van der Waals surface area (Å²) < 4.78 is 0. The van der Waals surface area contributed by atoms with Crippen molar-refractivity contribution in [3.8, 4) is 0 Å². The van der Waals surface area contributed by atoms with Crippen LogP contribution in [0, 0.1) is 5.92 Å². The molecule has 2 atom stereocenters. The van der Waals surface area contributed by atoms with Crippen molar-refractivity contribution in [3.63, 3.8) is 0 Å². The fraction of sp³-hybridized carbons (Fsp3) is 0.812. The monoisotopic (exact) mass is 295 g/mol. The first kappa shape index (κ1) is 15.8. The lowest BCUT2D eigenvalue weighted by molar-refractivity contribution is 0.390. The average molecular weight is 295 g/mol. The molecule has 2 rings (SSSR count). The Balaban J connectivity index is 2.15. The van der Waals surface area contributed by atoms with Crippen LogP contribution in [0.3, 0.4) is 0 Å². The van der Waals surface area contributed by atoms with Gasteiger partial charge >= 0.3 is 0 Å². The molecular formula is C16H29N3S. The number of piperidine rings is 1. The molecule has 2 unspecified atom stereocenters. The summed E-state index contributed by atoms with van der Waals surface area (Å²) in [4.78, 5) is 8.86. The maximum absolute atomic E-state index is 4.92. The number of aromatic nitrogens is 1. The maximum atomic E-state index is 4.92. The summed E-state index contributed by atoms with van der Waals surface area (Å²) in [5.74, 6) is 0.789. The molecule has 0 amide bonds. The highest BCUT2D eigenvalue weighted by molar-refractivity contribution is 7.15. The third-order valence-corrected chi connectivity index (χ3v) is 5.27. The fourth-order valence-electron chi connectivity index (χ4n) is 2.76. The van der Waals surface area contributed by atoms with Gasteiger partial charge in [0.05, 0.1) is 5.69 Å². The second kappa shape index (κ2) is 6.90. The summed E-state index contributed by atoms with van der Waals surface area (Å²) in [6.07, 6.45) is 3.68. The minimum Gasteiger partial charge on any atom is -0.345 e. The first-order valence-corrected chi connectivity index (χ1v) is 8.81. The van der Waals surface area contributed by atoms with E-state index in [-0.39, 0.29) is 0 Å². The van der Waals surface area contributed by atoms with Crippen LogP contribution in [0.15, 0.2) is 0 Å². The molecule has 1 aliphatic rings. The molecule has 4 heteroatoms. The van der Waals surface area contributed by atoms with Crippen molar-refractivity contribution >= 4 is 16.5 Å². The lowest BCUT2D eigenvalue weighted by atomic mass is 9.96. The van der Waals surface area contributed by atoms with E-state index in [1.165, 1.54) is 28.5 Å². The Bertz CT molecular complexity index is 427. The topological polar surface area (TPSA) is 28.2 Å². The zero-order chi connectivity index (χ0) is 14.7. The van der Waals surface area contributed by atoms with Crippen LogP contribution in [0.2, 0.25) is 0 Å². The van der Waals surface area contributed by atoms with Crippen molar-refractivity contribution < 1.29 is 0 Å². The minimum atomic E-state index is 0.527. The second-order valence-corrected chi connectivity index (χ2v) is 7.50. The van der Waals surface area contributed by atoms with Crippen LogP contribution in [-0.2, 0) is 13.0 Å². The van der Waals surface area contributed by atoms with Gasteiger partial charge < -0.3 is 10.2 Å². The number of anilines is 1. The number of thiazole rings is 1. The second-order valence-electron chi connectivity index (χ2n) is 6.44. The standard InChI is InChI=1S/C16H29N3S/c1-6-14-15(9-17-11(2)3)20-16(18-14)19-10-12(4)7-8-13(19)5/h11-13,17H,6-10H2,1-5H3. The van der Waals surface area contributed by atoms with Gasteiger partial charge in [-0.1, -0.05) is 27.7 Å². The van der Waals surface area contributed by atoms with E-state index >= 15 is 0 Å². The summed E-state index contributed by atoms with van der Waals surface area (Å²) in [7, 11) is 0. The summed E-state index contributed by atoms with van der Waals surface area (Å²) >= 11 is 1.89. The average Bonchev–Trinajstić information content (AvgIpc) is 2.82. The number of hydrogen-bond donors (Lipinski definition) is 1. The first-order valence-electron chi connectivity index (χ1n) is 7.99. The van der Waals surface area contributed by atoms with E-state index in [9.17, 15) is 0 Å². The van der Waals surface area contributed by atoms with Crippen molar-refractivity contribution in [1.29, 1.82) is 0 Å². The van der Waals surface area contributed by atoms with Gasteiger partial charge in [-0.05, 0) is 32.1 Å². The first-order chi connectivity index (χ1) is 9.51. The van der Waals surface area contributed by atoms with Crippen LogP contribution >= 0.6 is 11.3 Å². The molecule has 20 heavy (non-hydrogen) atoms. The molecule has 2 heterocycles. The van der Waals surface area contributed by atoms with Gasteiger partial charge in [-0.15, -0.1) is 11.3 Å². The van der Waals surface area contributed by atoms with Gasteiger partial charge in [0.1, 0.15) is 0 Å². The van der Waals surface area contributed by atoms with Crippen LogP contribution in [0.25, 0.3) is 0 Å². The third kappa shape index (κ3) is 3.73. The van der Waals surface area contributed by atoms with Crippen molar-refractivity contribution in [1.82, 2.24) is 10.3 Å². The van der Waals surface area contributed by atoms with Gasteiger partial charge in [0, 0.05) is 30.1 Å². The SMILES string of the molecule is CCc1nc(N2CC(C)CCC2C)sc1CNC(C)C. The summed E-state index contributed by atoms with van der Waals surface area (Å²) in [6.45, 7) is 13.4. The molecule has 1 fully saturated rings. The lowest BCUT2D eigenvalue weighted by Crippen LogP contribution is -2.41. The summed E-state index contributed by atoms with van der Waals surface area (Å²) in [5, 5.41) is 4.76. The van der Waals surface area contributed by atoms with Crippen molar-refractivity contribution in [2.24, 2.45) is 5.92 Å². The van der Waals surface area contributed by atoms with Gasteiger partial charge in [-0.3, -0.25) is 0 Å². The van der Waals surface area contributed by atoms with Gasteiger partial charge in [0.2, 0.25) is 0 Å². The molecule has 0 bridgehead atoms. The van der Waals surface area contributed by atoms with Crippen molar-refractivity contribution in [2.75, 3.05) is 11.4 Å². The molecule has 0 radical (unpaired) electrons. The van der Waals surface area contributed by atoms with Crippen LogP contribution in [0.5, 0.6) is 0 Å². The molecule has 1 N–H and O–H groups in total. The van der Waals surface area contributed by atoms with Crippen LogP contribution < -0.4 is 10.2 Å². The Hall–Kier alpha value is -0.610. The Morgan fingerprint density at radius 3 is 2.75 bits per heavy atom. The summed E-state index contributed by atoms with van der Waals surface area (Å²) in [5.41, 5.74) is 1.28. The van der Waals surface area contributed by atoms with E-state index < -0.39 is 0 Å². The summed E-state index contributed by atoms with van der Waals surface area (Å²) in [6, 6.07) is 1.16. The Labute approximate surface area is 127 Å². The fourth-order valence-corrected chi connectivity index (χ4v) is 3.97. The number of hydrogen-bond acceptors (Lipinski definition) is 4. The largest absolute Gasteiger partial charge is 0.345 e. The number of aryl methyl sites for hydroxylation is 1. The number of rotatable bonds is 5. The molecule has 3 nitrogen and oxygen atoms in total. The maximum Gasteiger partial charge on any atom is 0.186 e.